The maximum Gasteiger partial charge on any atom is 0.161 e. The maximum absolute atomic E-state index is 5.97. The molecule has 2 aromatic carbocycles. The normalized spacial score (nSPS) is 13.8. The van der Waals surface area contributed by atoms with E-state index in [1.54, 1.807) is 7.11 Å². The predicted octanol–water partition coefficient (Wildman–Crippen LogP) is -2.60. The Kier molecular flexibility index (Phi) is 12.8. The molecule has 30 heavy (non-hydrogen) atoms. The van der Waals surface area contributed by atoms with Gasteiger partial charge in [-0.15, -0.1) is 0 Å². The Morgan fingerprint density at radius 1 is 1.00 bits per heavy atom. The SMILES string of the molecule is COc1cc(CNCCCN2CCOCC2)ccc1OCc1cccc(C)c1.[Cl-].[Cl-]. The molecular weight excluding hydrogens is 423 g/mol. The minimum Gasteiger partial charge on any atom is -1.00 e. The summed E-state index contributed by atoms with van der Waals surface area (Å²) in [5.74, 6) is 1.56. The summed E-state index contributed by atoms with van der Waals surface area (Å²) >= 11 is 0. The summed E-state index contributed by atoms with van der Waals surface area (Å²) in [4.78, 5) is 2.47. The molecule has 168 valence electrons. The second-order valence-electron chi connectivity index (χ2n) is 7.25. The van der Waals surface area contributed by atoms with E-state index in [9.17, 15) is 0 Å². The van der Waals surface area contributed by atoms with Crippen LogP contribution in [-0.2, 0) is 17.9 Å². The average molecular weight is 455 g/mol. The van der Waals surface area contributed by atoms with E-state index >= 15 is 0 Å². The monoisotopic (exact) mass is 454 g/mol. The molecule has 3 rings (SSSR count). The Morgan fingerprint density at radius 2 is 1.80 bits per heavy atom. The first kappa shape index (κ1) is 26.5. The summed E-state index contributed by atoms with van der Waals surface area (Å²) < 4.78 is 16.9. The third-order valence-corrected chi connectivity index (χ3v) is 4.97. The zero-order chi connectivity index (χ0) is 19.6. The third kappa shape index (κ3) is 8.70. The lowest BCUT2D eigenvalue weighted by molar-refractivity contribution is -0.001000. The Balaban J connectivity index is 0.00000225. The maximum atomic E-state index is 5.97. The van der Waals surface area contributed by atoms with Gasteiger partial charge in [0.2, 0.25) is 0 Å². The molecule has 0 bridgehead atoms. The molecule has 1 fully saturated rings. The van der Waals surface area contributed by atoms with Gasteiger partial charge in [0.25, 0.3) is 0 Å². The molecule has 0 aliphatic carbocycles. The number of nitrogens with one attached hydrogen (secondary N) is 1. The van der Waals surface area contributed by atoms with Crippen molar-refractivity contribution in [1.29, 1.82) is 0 Å². The fourth-order valence-electron chi connectivity index (χ4n) is 3.39. The molecule has 7 heteroatoms. The summed E-state index contributed by atoms with van der Waals surface area (Å²) in [5, 5.41) is 3.52. The van der Waals surface area contributed by atoms with Gasteiger partial charge in [0.05, 0.1) is 20.3 Å². The summed E-state index contributed by atoms with van der Waals surface area (Å²) in [6.07, 6.45) is 1.15. The van der Waals surface area contributed by atoms with Gasteiger partial charge in [-0.3, -0.25) is 4.90 Å². The summed E-state index contributed by atoms with van der Waals surface area (Å²) in [5.41, 5.74) is 3.60. The minimum absolute atomic E-state index is 0. The zero-order valence-corrected chi connectivity index (χ0v) is 19.3. The van der Waals surface area contributed by atoms with Crippen molar-refractivity contribution in [3.63, 3.8) is 0 Å². The molecule has 0 aromatic heterocycles. The Morgan fingerprint density at radius 3 is 2.53 bits per heavy atom. The van der Waals surface area contributed by atoms with Crippen molar-refractivity contribution in [3.05, 3.63) is 59.2 Å². The van der Waals surface area contributed by atoms with Crippen molar-refractivity contribution in [2.24, 2.45) is 0 Å². The van der Waals surface area contributed by atoms with Crippen LogP contribution in [0.2, 0.25) is 0 Å². The molecule has 0 atom stereocenters. The van der Waals surface area contributed by atoms with Gasteiger partial charge >= 0.3 is 0 Å². The van der Waals surface area contributed by atoms with E-state index in [0.717, 1.165) is 69.4 Å². The van der Waals surface area contributed by atoms with Gasteiger partial charge in [-0.1, -0.05) is 35.9 Å². The second kappa shape index (κ2) is 14.5. The molecule has 1 N–H and O–H groups in total. The van der Waals surface area contributed by atoms with Crippen LogP contribution in [0.5, 0.6) is 11.5 Å². The molecule has 5 nitrogen and oxygen atoms in total. The van der Waals surface area contributed by atoms with E-state index in [1.807, 2.05) is 6.07 Å². The zero-order valence-electron chi connectivity index (χ0n) is 17.8. The first-order chi connectivity index (χ1) is 13.7. The fourth-order valence-corrected chi connectivity index (χ4v) is 3.39. The highest BCUT2D eigenvalue weighted by molar-refractivity contribution is 5.43. The largest absolute Gasteiger partial charge is 1.00 e. The first-order valence-corrected chi connectivity index (χ1v) is 10.1. The smallest absolute Gasteiger partial charge is 0.161 e. The highest BCUT2D eigenvalue weighted by Crippen LogP contribution is 2.29. The van der Waals surface area contributed by atoms with E-state index in [1.165, 1.54) is 11.1 Å². The second-order valence-corrected chi connectivity index (χ2v) is 7.25. The van der Waals surface area contributed by atoms with Gasteiger partial charge in [0.1, 0.15) is 6.61 Å². The van der Waals surface area contributed by atoms with Crippen LogP contribution in [0.4, 0.5) is 0 Å². The van der Waals surface area contributed by atoms with Crippen molar-refractivity contribution < 1.29 is 39.0 Å². The molecule has 1 aliphatic heterocycles. The van der Waals surface area contributed by atoms with Crippen molar-refractivity contribution >= 4 is 0 Å². The van der Waals surface area contributed by atoms with E-state index in [4.69, 9.17) is 14.2 Å². The molecule has 2 aromatic rings. The standard InChI is InChI=1S/C23H32N2O3.2ClH/c1-19-5-3-6-21(15-19)18-28-22-8-7-20(16-23(22)26-2)17-24-9-4-10-25-11-13-27-14-12-25;;/h3,5-8,15-16,24H,4,9-14,17-18H2,1-2H3;2*1H/p-2. The van der Waals surface area contributed by atoms with Gasteiger partial charge in [-0.2, -0.15) is 0 Å². The highest BCUT2D eigenvalue weighted by atomic mass is 35.5. The minimum atomic E-state index is 0. The topological polar surface area (TPSA) is 43.0 Å². The van der Waals surface area contributed by atoms with Crippen molar-refractivity contribution in [1.82, 2.24) is 10.2 Å². The molecular formula is C23H32Cl2N2O3-2. The molecule has 0 radical (unpaired) electrons. The van der Waals surface area contributed by atoms with E-state index in [2.05, 4.69) is 53.5 Å². The van der Waals surface area contributed by atoms with Crippen LogP contribution in [0.15, 0.2) is 42.5 Å². The number of ether oxygens (including phenoxy) is 3. The number of methoxy groups -OCH3 is 1. The number of benzene rings is 2. The van der Waals surface area contributed by atoms with Crippen LogP contribution >= 0.6 is 0 Å². The lowest BCUT2D eigenvalue weighted by Crippen LogP contribution is -3.00. The summed E-state index contributed by atoms with van der Waals surface area (Å²) in [7, 11) is 1.69. The van der Waals surface area contributed by atoms with E-state index < -0.39 is 0 Å². The number of nitrogens with zero attached hydrogens (tertiary/aromatic N) is 1. The van der Waals surface area contributed by atoms with Crippen LogP contribution in [0.1, 0.15) is 23.1 Å². The number of hydrogen-bond donors (Lipinski definition) is 1. The van der Waals surface area contributed by atoms with Gasteiger partial charge < -0.3 is 44.3 Å². The lowest BCUT2D eigenvalue weighted by atomic mass is 10.1. The van der Waals surface area contributed by atoms with Gasteiger partial charge in [0, 0.05) is 19.6 Å². The van der Waals surface area contributed by atoms with Crippen molar-refractivity contribution in [3.8, 4) is 11.5 Å². The Labute approximate surface area is 192 Å². The van der Waals surface area contributed by atoms with Crippen LogP contribution in [-0.4, -0.2) is 51.4 Å². The van der Waals surface area contributed by atoms with Crippen LogP contribution in [0.3, 0.4) is 0 Å². The number of halogens is 2. The number of morpholine rings is 1. The molecule has 0 spiro atoms. The third-order valence-electron chi connectivity index (χ3n) is 4.97. The van der Waals surface area contributed by atoms with Crippen LogP contribution < -0.4 is 39.6 Å². The fraction of sp³-hybridized carbons (Fsp3) is 0.478. The molecule has 0 unspecified atom stereocenters. The summed E-state index contributed by atoms with van der Waals surface area (Å²) in [6.45, 7) is 9.44. The molecule has 0 saturated carbocycles. The highest BCUT2D eigenvalue weighted by Gasteiger charge is 2.09. The van der Waals surface area contributed by atoms with E-state index in [0.29, 0.717) is 6.61 Å². The number of hydrogen-bond acceptors (Lipinski definition) is 5. The van der Waals surface area contributed by atoms with Gasteiger partial charge in [-0.25, -0.2) is 0 Å². The van der Waals surface area contributed by atoms with Gasteiger partial charge in [-0.05, 0) is 49.7 Å². The molecule has 0 amide bonds. The van der Waals surface area contributed by atoms with Crippen molar-refractivity contribution in [2.45, 2.75) is 26.5 Å². The van der Waals surface area contributed by atoms with Crippen LogP contribution in [0.25, 0.3) is 0 Å². The molecule has 1 aliphatic rings. The Bertz CT molecular complexity index is 740. The quantitative estimate of drug-likeness (QED) is 0.399. The van der Waals surface area contributed by atoms with Crippen LogP contribution in [0, 0.1) is 6.92 Å². The van der Waals surface area contributed by atoms with E-state index in [-0.39, 0.29) is 24.8 Å². The molecule has 1 heterocycles. The number of rotatable bonds is 10. The Hall–Kier alpha value is -1.50. The molecule has 1 saturated heterocycles. The summed E-state index contributed by atoms with van der Waals surface area (Å²) in [6, 6.07) is 14.5. The average Bonchev–Trinajstić information content (AvgIpc) is 2.73. The first-order valence-electron chi connectivity index (χ1n) is 10.1. The van der Waals surface area contributed by atoms with Crippen molar-refractivity contribution in [2.75, 3.05) is 46.5 Å². The van der Waals surface area contributed by atoms with Gasteiger partial charge in [0.15, 0.2) is 11.5 Å². The number of aryl methyl sites for hydroxylation is 1. The predicted molar refractivity (Wildman–Crippen MR) is 112 cm³/mol. The lowest BCUT2D eigenvalue weighted by Gasteiger charge is -2.26.